The molecule has 0 spiro atoms. The van der Waals surface area contributed by atoms with Crippen molar-refractivity contribution in [3.63, 3.8) is 0 Å². The van der Waals surface area contributed by atoms with E-state index in [1.54, 1.807) is 24.3 Å². The van der Waals surface area contributed by atoms with Crippen molar-refractivity contribution in [3.05, 3.63) is 71.3 Å². The molecule has 26 heavy (non-hydrogen) atoms. The Labute approximate surface area is 154 Å². The van der Waals surface area contributed by atoms with E-state index >= 15 is 0 Å². The number of amides is 2. The average molecular weight is 351 g/mol. The fourth-order valence-corrected chi connectivity index (χ4v) is 3.32. The molecule has 0 saturated carbocycles. The molecule has 0 bridgehead atoms. The Hall–Kier alpha value is -2.66. The zero-order valence-electron chi connectivity index (χ0n) is 14.9. The van der Waals surface area contributed by atoms with Crippen molar-refractivity contribution < 1.29 is 9.59 Å². The molecule has 2 amide bonds. The first-order valence-corrected chi connectivity index (χ1v) is 9.10. The van der Waals surface area contributed by atoms with Gasteiger partial charge in [0.15, 0.2) is 0 Å². The van der Waals surface area contributed by atoms with Crippen LogP contribution < -0.4 is 11.1 Å². The molecule has 136 valence electrons. The molecule has 2 aromatic carbocycles. The van der Waals surface area contributed by atoms with Crippen LogP contribution in [0.25, 0.3) is 0 Å². The summed E-state index contributed by atoms with van der Waals surface area (Å²) in [6.45, 7) is 3.19. The first kappa shape index (κ1) is 18.1. The lowest BCUT2D eigenvalue weighted by molar-refractivity contribution is -0.120. The molecule has 1 atom stereocenters. The second-order valence-electron chi connectivity index (χ2n) is 6.75. The minimum absolute atomic E-state index is 0.304. The molecule has 5 nitrogen and oxygen atoms in total. The normalized spacial score (nSPS) is 16.0. The predicted molar refractivity (Wildman–Crippen MR) is 101 cm³/mol. The third-order valence-electron chi connectivity index (χ3n) is 4.76. The van der Waals surface area contributed by atoms with Crippen LogP contribution in [0.15, 0.2) is 54.6 Å². The summed E-state index contributed by atoms with van der Waals surface area (Å²) in [7, 11) is 0. The van der Waals surface area contributed by atoms with Crippen LogP contribution in [0, 0.1) is 0 Å². The first-order chi connectivity index (χ1) is 12.6. The zero-order valence-corrected chi connectivity index (χ0v) is 14.9. The Morgan fingerprint density at radius 1 is 0.962 bits per heavy atom. The van der Waals surface area contributed by atoms with Gasteiger partial charge in [-0.05, 0) is 49.2 Å². The third kappa shape index (κ3) is 4.70. The third-order valence-corrected chi connectivity index (χ3v) is 4.76. The van der Waals surface area contributed by atoms with Gasteiger partial charge in [-0.2, -0.15) is 0 Å². The fourth-order valence-electron chi connectivity index (χ4n) is 3.32. The predicted octanol–water partition coefficient (Wildman–Crippen LogP) is 2.63. The lowest BCUT2D eigenvalue weighted by Gasteiger charge is -2.26. The summed E-state index contributed by atoms with van der Waals surface area (Å²) < 4.78 is 0. The van der Waals surface area contributed by atoms with Gasteiger partial charge < -0.3 is 11.1 Å². The van der Waals surface area contributed by atoms with E-state index in [1.807, 2.05) is 30.3 Å². The van der Waals surface area contributed by atoms with Crippen molar-refractivity contribution in [2.45, 2.75) is 31.8 Å². The van der Waals surface area contributed by atoms with E-state index in [4.69, 9.17) is 5.73 Å². The van der Waals surface area contributed by atoms with E-state index in [2.05, 4.69) is 10.2 Å². The van der Waals surface area contributed by atoms with Crippen LogP contribution in [0.3, 0.4) is 0 Å². The van der Waals surface area contributed by atoms with Gasteiger partial charge in [-0.3, -0.25) is 14.5 Å². The second kappa shape index (κ2) is 8.63. The molecule has 1 unspecified atom stereocenters. The van der Waals surface area contributed by atoms with E-state index < -0.39 is 11.9 Å². The average Bonchev–Trinajstić information content (AvgIpc) is 2.68. The summed E-state index contributed by atoms with van der Waals surface area (Å²) >= 11 is 0. The second-order valence-corrected chi connectivity index (χ2v) is 6.75. The molecule has 1 aliphatic rings. The maximum absolute atomic E-state index is 12.5. The van der Waals surface area contributed by atoms with Crippen LogP contribution in [0.4, 0.5) is 0 Å². The van der Waals surface area contributed by atoms with Crippen LogP contribution in [0.1, 0.15) is 46.8 Å². The Morgan fingerprint density at radius 2 is 1.62 bits per heavy atom. The number of hydrogen-bond acceptors (Lipinski definition) is 3. The summed E-state index contributed by atoms with van der Waals surface area (Å²) in [6.07, 6.45) is 3.83. The molecule has 0 aromatic heterocycles. The Balaban J connectivity index is 1.64. The standard InChI is InChI=1S/C21H25N3O2/c22-20(25)19(17-7-3-1-4-8-17)23-21(26)18-11-9-16(10-12-18)15-24-13-5-2-6-14-24/h1,3-4,7-12,19H,2,5-6,13-15H2,(H2,22,25)(H,23,26). The minimum atomic E-state index is -0.836. The molecule has 1 aliphatic heterocycles. The Kier molecular flexibility index (Phi) is 6.02. The van der Waals surface area contributed by atoms with E-state index in [-0.39, 0.29) is 5.91 Å². The summed E-state index contributed by atoms with van der Waals surface area (Å²) in [5.41, 5.74) is 7.86. The van der Waals surface area contributed by atoms with E-state index in [9.17, 15) is 9.59 Å². The van der Waals surface area contributed by atoms with Crippen LogP contribution in [0.5, 0.6) is 0 Å². The Morgan fingerprint density at radius 3 is 2.23 bits per heavy atom. The maximum atomic E-state index is 12.5. The van der Waals surface area contributed by atoms with Gasteiger partial charge in [0.05, 0.1) is 0 Å². The summed E-state index contributed by atoms with van der Waals surface area (Å²) in [5, 5.41) is 2.73. The van der Waals surface area contributed by atoms with Gasteiger partial charge in [0.25, 0.3) is 5.91 Å². The number of hydrogen-bond donors (Lipinski definition) is 2. The molecular formula is C21H25N3O2. The van der Waals surface area contributed by atoms with Gasteiger partial charge in [0.2, 0.25) is 5.91 Å². The van der Waals surface area contributed by atoms with Gasteiger partial charge in [-0.25, -0.2) is 0 Å². The minimum Gasteiger partial charge on any atom is -0.368 e. The number of carbonyl (C=O) groups excluding carboxylic acids is 2. The molecule has 1 fully saturated rings. The zero-order chi connectivity index (χ0) is 18.4. The Bertz CT molecular complexity index is 738. The molecule has 1 heterocycles. The van der Waals surface area contributed by atoms with Gasteiger partial charge in [-0.1, -0.05) is 48.9 Å². The molecule has 5 heteroatoms. The highest BCUT2D eigenvalue weighted by Crippen LogP contribution is 2.15. The summed E-state index contributed by atoms with van der Waals surface area (Å²) in [5.74, 6) is -0.881. The largest absolute Gasteiger partial charge is 0.368 e. The van der Waals surface area contributed by atoms with Crippen molar-refractivity contribution >= 4 is 11.8 Å². The van der Waals surface area contributed by atoms with Crippen molar-refractivity contribution in [1.82, 2.24) is 10.2 Å². The van der Waals surface area contributed by atoms with Crippen molar-refractivity contribution in [2.75, 3.05) is 13.1 Å². The molecule has 3 N–H and O–H groups in total. The monoisotopic (exact) mass is 351 g/mol. The van der Waals surface area contributed by atoms with Crippen LogP contribution >= 0.6 is 0 Å². The maximum Gasteiger partial charge on any atom is 0.252 e. The van der Waals surface area contributed by atoms with Gasteiger partial charge in [-0.15, -0.1) is 0 Å². The number of primary amides is 1. The van der Waals surface area contributed by atoms with E-state index in [1.165, 1.54) is 24.8 Å². The van der Waals surface area contributed by atoms with Crippen LogP contribution in [-0.4, -0.2) is 29.8 Å². The quantitative estimate of drug-likeness (QED) is 0.840. The van der Waals surface area contributed by atoms with Gasteiger partial charge in [0.1, 0.15) is 6.04 Å². The number of carbonyl (C=O) groups is 2. The highest BCUT2D eigenvalue weighted by Gasteiger charge is 2.20. The highest BCUT2D eigenvalue weighted by atomic mass is 16.2. The molecule has 1 saturated heterocycles. The van der Waals surface area contributed by atoms with Crippen LogP contribution in [-0.2, 0) is 11.3 Å². The molecule has 0 aliphatic carbocycles. The van der Waals surface area contributed by atoms with Crippen molar-refractivity contribution in [1.29, 1.82) is 0 Å². The highest BCUT2D eigenvalue weighted by molar-refractivity contribution is 5.97. The van der Waals surface area contributed by atoms with Crippen LogP contribution in [0.2, 0.25) is 0 Å². The lowest BCUT2D eigenvalue weighted by atomic mass is 10.0. The number of rotatable bonds is 6. The lowest BCUT2D eigenvalue weighted by Crippen LogP contribution is -2.37. The van der Waals surface area contributed by atoms with Gasteiger partial charge >= 0.3 is 0 Å². The van der Waals surface area contributed by atoms with Crippen molar-refractivity contribution in [2.24, 2.45) is 5.73 Å². The fraction of sp³-hybridized carbons (Fsp3) is 0.333. The summed E-state index contributed by atoms with van der Waals surface area (Å²) in [4.78, 5) is 26.7. The number of benzene rings is 2. The van der Waals surface area contributed by atoms with Crippen molar-refractivity contribution in [3.8, 4) is 0 Å². The van der Waals surface area contributed by atoms with E-state index in [0.29, 0.717) is 11.1 Å². The molecule has 2 aromatic rings. The number of nitrogens with zero attached hydrogens (tertiary/aromatic N) is 1. The molecule has 3 rings (SSSR count). The topological polar surface area (TPSA) is 75.4 Å². The smallest absolute Gasteiger partial charge is 0.252 e. The summed E-state index contributed by atoms with van der Waals surface area (Å²) in [6, 6.07) is 15.8. The molecular weight excluding hydrogens is 326 g/mol. The number of nitrogens with one attached hydrogen (secondary N) is 1. The number of piperidine rings is 1. The molecule has 0 radical (unpaired) electrons. The number of nitrogens with two attached hydrogens (primary N) is 1. The SMILES string of the molecule is NC(=O)C(NC(=O)c1ccc(CN2CCCCC2)cc1)c1ccccc1. The van der Waals surface area contributed by atoms with Gasteiger partial charge in [0, 0.05) is 12.1 Å². The number of likely N-dealkylation sites (tertiary alicyclic amines) is 1. The first-order valence-electron chi connectivity index (χ1n) is 9.10. The van der Waals surface area contributed by atoms with E-state index in [0.717, 1.165) is 19.6 Å².